The van der Waals surface area contributed by atoms with E-state index >= 15 is 0 Å². The van der Waals surface area contributed by atoms with E-state index < -0.39 is 5.91 Å². The van der Waals surface area contributed by atoms with Gasteiger partial charge in [-0.25, -0.2) is 0 Å². The maximum absolute atomic E-state index is 12.3. The van der Waals surface area contributed by atoms with Crippen molar-refractivity contribution in [3.05, 3.63) is 46.5 Å². The van der Waals surface area contributed by atoms with Gasteiger partial charge in [0, 0.05) is 23.7 Å². The Morgan fingerprint density at radius 3 is 2.55 bits per heavy atom. The minimum Gasteiger partial charge on any atom is -0.366 e. The minimum atomic E-state index is -0.495. The van der Waals surface area contributed by atoms with Gasteiger partial charge in [-0.3, -0.25) is 14.3 Å². The number of carbonyl (C=O) groups excluding carboxylic acids is 2. The highest BCUT2D eigenvalue weighted by atomic mass is 32.1. The lowest BCUT2D eigenvalue weighted by atomic mass is 10.2. The quantitative estimate of drug-likeness (QED) is 0.777. The molecule has 3 aromatic rings. The highest BCUT2D eigenvalue weighted by Gasteiger charge is 2.15. The molecule has 2 aromatic heterocycles. The van der Waals surface area contributed by atoms with E-state index in [1.165, 1.54) is 11.3 Å². The standard InChI is InChI=1S/C15H14N4O2S/c1-8-11-7-12(22-15(11)19(2)18-8)14(21)17-10-5-3-9(4-6-10)13(16)20/h3-7H,1-2H3,(H2,16,20)(H,17,21). The molecule has 0 saturated carbocycles. The first-order chi connectivity index (χ1) is 10.5. The Labute approximate surface area is 130 Å². The van der Waals surface area contributed by atoms with Crippen molar-refractivity contribution in [2.45, 2.75) is 6.92 Å². The van der Waals surface area contributed by atoms with Gasteiger partial charge < -0.3 is 11.1 Å². The van der Waals surface area contributed by atoms with Crippen LogP contribution >= 0.6 is 11.3 Å². The number of fused-ring (bicyclic) bond motifs is 1. The van der Waals surface area contributed by atoms with Crippen LogP contribution in [0.15, 0.2) is 30.3 Å². The topological polar surface area (TPSA) is 90.0 Å². The van der Waals surface area contributed by atoms with Crippen molar-refractivity contribution in [3.63, 3.8) is 0 Å². The summed E-state index contributed by atoms with van der Waals surface area (Å²) in [4.78, 5) is 24.9. The number of anilines is 1. The molecule has 22 heavy (non-hydrogen) atoms. The van der Waals surface area contributed by atoms with Gasteiger partial charge in [0.2, 0.25) is 5.91 Å². The number of hydrogen-bond donors (Lipinski definition) is 2. The van der Waals surface area contributed by atoms with Crippen LogP contribution in [0.1, 0.15) is 25.7 Å². The number of aryl methyl sites for hydroxylation is 2. The number of nitrogens with zero attached hydrogens (tertiary/aromatic N) is 2. The highest BCUT2D eigenvalue weighted by Crippen LogP contribution is 2.28. The number of thiophene rings is 1. The molecule has 0 fully saturated rings. The first-order valence-corrected chi connectivity index (χ1v) is 7.41. The van der Waals surface area contributed by atoms with E-state index in [0.29, 0.717) is 16.1 Å². The van der Waals surface area contributed by atoms with Gasteiger partial charge in [-0.1, -0.05) is 0 Å². The Morgan fingerprint density at radius 2 is 1.95 bits per heavy atom. The molecule has 0 atom stereocenters. The van der Waals surface area contributed by atoms with E-state index in [9.17, 15) is 9.59 Å². The van der Waals surface area contributed by atoms with Crippen molar-refractivity contribution < 1.29 is 9.59 Å². The molecule has 0 radical (unpaired) electrons. The van der Waals surface area contributed by atoms with Gasteiger partial charge >= 0.3 is 0 Å². The Hall–Kier alpha value is -2.67. The van der Waals surface area contributed by atoms with Gasteiger partial charge in [-0.15, -0.1) is 11.3 Å². The van der Waals surface area contributed by atoms with Crippen LogP contribution in [0.3, 0.4) is 0 Å². The van der Waals surface area contributed by atoms with Crippen LogP contribution in [0, 0.1) is 6.92 Å². The van der Waals surface area contributed by atoms with Crippen LogP contribution in [-0.2, 0) is 7.05 Å². The Bertz CT molecular complexity index is 842. The molecule has 2 heterocycles. The third kappa shape index (κ3) is 2.46. The number of nitrogens with one attached hydrogen (secondary N) is 1. The summed E-state index contributed by atoms with van der Waals surface area (Å²) in [5, 5.41) is 8.10. The average molecular weight is 314 g/mol. The Morgan fingerprint density at radius 1 is 1.27 bits per heavy atom. The van der Waals surface area contributed by atoms with Gasteiger partial charge in [-0.2, -0.15) is 5.10 Å². The third-order valence-electron chi connectivity index (χ3n) is 3.35. The smallest absolute Gasteiger partial charge is 0.265 e. The van der Waals surface area contributed by atoms with Gasteiger partial charge in [-0.05, 0) is 37.3 Å². The van der Waals surface area contributed by atoms with E-state index in [-0.39, 0.29) is 5.91 Å². The van der Waals surface area contributed by atoms with E-state index in [0.717, 1.165) is 15.9 Å². The maximum Gasteiger partial charge on any atom is 0.265 e. The number of hydrogen-bond acceptors (Lipinski definition) is 4. The van der Waals surface area contributed by atoms with Gasteiger partial charge in [0.05, 0.1) is 10.6 Å². The lowest BCUT2D eigenvalue weighted by molar-refractivity contribution is 0.0998. The number of amides is 2. The van der Waals surface area contributed by atoms with Gasteiger partial charge in [0.1, 0.15) is 4.83 Å². The number of carbonyl (C=O) groups is 2. The first-order valence-electron chi connectivity index (χ1n) is 6.60. The zero-order chi connectivity index (χ0) is 15.9. The second-order valence-corrected chi connectivity index (χ2v) is 5.96. The van der Waals surface area contributed by atoms with Crippen molar-refractivity contribution in [1.29, 1.82) is 0 Å². The molecule has 3 rings (SSSR count). The van der Waals surface area contributed by atoms with Crippen molar-refractivity contribution in [2.24, 2.45) is 12.8 Å². The number of aromatic nitrogens is 2. The second-order valence-electron chi connectivity index (χ2n) is 4.93. The predicted molar refractivity (Wildman–Crippen MR) is 86.2 cm³/mol. The number of benzene rings is 1. The SMILES string of the molecule is Cc1nn(C)c2sc(C(=O)Nc3ccc(C(N)=O)cc3)cc12. The van der Waals surface area contributed by atoms with E-state index in [1.54, 1.807) is 28.9 Å². The summed E-state index contributed by atoms with van der Waals surface area (Å²) in [5.74, 6) is -0.683. The second kappa shape index (κ2) is 5.27. The Balaban J connectivity index is 1.83. The monoisotopic (exact) mass is 314 g/mol. The lowest BCUT2D eigenvalue weighted by Gasteiger charge is -2.04. The number of nitrogens with two attached hydrogens (primary N) is 1. The third-order valence-corrected chi connectivity index (χ3v) is 4.55. The normalized spacial score (nSPS) is 10.8. The zero-order valence-corrected chi connectivity index (χ0v) is 12.9. The molecular weight excluding hydrogens is 300 g/mol. The minimum absolute atomic E-state index is 0.188. The van der Waals surface area contributed by atoms with Crippen LogP contribution in [0.5, 0.6) is 0 Å². The van der Waals surface area contributed by atoms with Gasteiger partial charge in [0.15, 0.2) is 0 Å². The summed E-state index contributed by atoms with van der Waals surface area (Å²) >= 11 is 1.39. The van der Waals surface area contributed by atoms with Crippen LogP contribution in [0.4, 0.5) is 5.69 Å². The van der Waals surface area contributed by atoms with Crippen molar-refractivity contribution >= 4 is 39.1 Å². The molecule has 0 aliphatic carbocycles. The van der Waals surface area contributed by atoms with E-state index in [1.807, 2.05) is 20.0 Å². The van der Waals surface area contributed by atoms with Crippen LogP contribution in [0.25, 0.3) is 10.2 Å². The molecule has 0 saturated heterocycles. The summed E-state index contributed by atoms with van der Waals surface area (Å²) in [6, 6.07) is 8.31. The molecule has 6 nitrogen and oxygen atoms in total. The van der Waals surface area contributed by atoms with Crippen molar-refractivity contribution in [3.8, 4) is 0 Å². The fourth-order valence-electron chi connectivity index (χ4n) is 2.23. The molecule has 0 aliphatic rings. The summed E-state index contributed by atoms with van der Waals surface area (Å²) in [6.45, 7) is 1.92. The molecule has 112 valence electrons. The molecule has 1 aromatic carbocycles. The van der Waals surface area contributed by atoms with Crippen LogP contribution < -0.4 is 11.1 Å². The molecule has 3 N–H and O–H groups in total. The van der Waals surface area contributed by atoms with Crippen molar-refractivity contribution in [1.82, 2.24) is 9.78 Å². The fourth-order valence-corrected chi connectivity index (χ4v) is 3.25. The largest absolute Gasteiger partial charge is 0.366 e. The summed E-state index contributed by atoms with van der Waals surface area (Å²) < 4.78 is 1.77. The predicted octanol–water partition coefficient (Wildman–Crippen LogP) is 2.29. The molecule has 0 unspecified atom stereocenters. The number of primary amides is 1. The highest BCUT2D eigenvalue weighted by molar-refractivity contribution is 7.20. The van der Waals surface area contributed by atoms with E-state index in [4.69, 9.17) is 5.73 Å². The van der Waals surface area contributed by atoms with Gasteiger partial charge in [0.25, 0.3) is 5.91 Å². The molecular formula is C15H14N4O2S. The zero-order valence-electron chi connectivity index (χ0n) is 12.1. The molecule has 0 bridgehead atoms. The first kappa shape index (κ1) is 14.3. The Kier molecular flexibility index (Phi) is 3.42. The molecule has 0 aliphatic heterocycles. The molecule has 7 heteroatoms. The summed E-state index contributed by atoms with van der Waals surface area (Å²) in [6.07, 6.45) is 0. The van der Waals surface area contributed by atoms with Crippen molar-refractivity contribution in [2.75, 3.05) is 5.32 Å². The maximum atomic E-state index is 12.3. The molecule has 0 spiro atoms. The summed E-state index contributed by atoms with van der Waals surface area (Å²) in [5.41, 5.74) is 7.10. The van der Waals surface area contributed by atoms with Crippen LogP contribution in [0.2, 0.25) is 0 Å². The average Bonchev–Trinajstić information content (AvgIpc) is 3.02. The van der Waals surface area contributed by atoms with E-state index in [2.05, 4.69) is 10.4 Å². The summed E-state index contributed by atoms with van der Waals surface area (Å²) in [7, 11) is 1.86. The van der Waals surface area contributed by atoms with Crippen LogP contribution in [-0.4, -0.2) is 21.6 Å². The lowest BCUT2D eigenvalue weighted by Crippen LogP contribution is -2.12. The molecule has 2 amide bonds. The number of rotatable bonds is 3. The fraction of sp³-hybridized carbons (Fsp3) is 0.133.